The highest BCUT2D eigenvalue weighted by molar-refractivity contribution is 6.42. The van der Waals surface area contributed by atoms with Crippen molar-refractivity contribution in [3.63, 3.8) is 0 Å². The summed E-state index contributed by atoms with van der Waals surface area (Å²) in [4.78, 5) is 12.1. The second-order valence-electron chi connectivity index (χ2n) is 4.31. The van der Waals surface area contributed by atoms with Gasteiger partial charge in [0, 0.05) is 5.02 Å². The summed E-state index contributed by atoms with van der Waals surface area (Å²) in [5.74, 6) is -0.750. The van der Waals surface area contributed by atoms with E-state index in [2.05, 4.69) is 10.5 Å². The van der Waals surface area contributed by atoms with Gasteiger partial charge >= 0.3 is 0 Å². The van der Waals surface area contributed by atoms with Gasteiger partial charge in [-0.25, -0.2) is 0 Å². The van der Waals surface area contributed by atoms with Crippen molar-refractivity contribution in [1.29, 1.82) is 0 Å². The van der Waals surface area contributed by atoms with Crippen LogP contribution in [0.1, 0.15) is 13.8 Å². The van der Waals surface area contributed by atoms with Crippen molar-refractivity contribution in [2.24, 2.45) is 16.3 Å². The normalized spacial score (nSPS) is 12.4. The van der Waals surface area contributed by atoms with E-state index in [-0.39, 0.29) is 21.6 Å². The first-order valence-corrected chi connectivity index (χ1v) is 6.27. The quantitative estimate of drug-likeness (QED) is 0.345. The van der Waals surface area contributed by atoms with Gasteiger partial charge in [-0.05, 0) is 26.0 Å². The summed E-state index contributed by atoms with van der Waals surface area (Å²) in [6.07, 6.45) is 0. The predicted octanol–water partition coefficient (Wildman–Crippen LogP) is 3.36. The highest BCUT2D eigenvalue weighted by atomic mass is 35.5. The number of anilines is 1. The number of hydrogen-bond acceptors (Lipinski definition) is 3. The molecule has 0 atom stereocenters. The number of amidine groups is 1. The first-order chi connectivity index (χ1) is 8.70. The summed E-state index contributed by atoms with van der Waals surface area (Å²) in [5, 5.41) is 14.7. The number of hydrogen-bond donors (Lipinski definition) is 3. The Morgan fingerprint density at radius 2 is 1.79 bits per heavy atom. The molecule has 4 N–H and O–H groups in total. The van der Waals surface area contributed by atoms with Gasteiger partial charge in [0.1, 0.15) is 5.41 Å². The highest BCUT2D eigenvalue weighted by Crippen LogP contribution is 2.34. The minimum atomic E-state index is -1.22. The number of benzene rings is 1. The molecule has 0 aliphatic rings. The smallest absolute Gasteiger partial charge is 0.237 e. The van der Waals surface area contributed by atoms with E-state index in [9.17, 15) is 4.79 Å². The minimum absolute atomic E-state index is 0.196. The Morgan fingerprint density at radius 1 is 1.32 bits per heavy atom. The van der Waals surface area contributed by atoms with Crippen LogP contribution in [0, 0.1) is 5.41 Å². The molecule has 19 heavy (non-hydrogen) atoms. The van der Waals surface area contributed by atoms with E-state index in [4.69, 9.17) is 45.7 Å². The third kappa shape index (κ3) is 3.43. The summed E-state index contributed by atoms with van der Waals surface area (Å²) >= 11 is 17.7. The average molecular weight is 325 g/mol. The van der Waals surface area contributed by atoms with E-state index in [1.807, 2.05) is 0 Å². The highest BCUT2D eigenvalue weighted by Gasteiger charge is 2.33. The van der Waals surface area contributed by atoms with Crippen LogP contribution in [0.5, 0.6) is 0 Å². The number of amides is 1. The number of carbonyl (C=O) groups excluding carboxylic acids is 1. The van der Waals surface area contributed by atoms with Crippen LogP contribution in [0.15, 0.2) is 17.3 Å². The zero-order chi connectivity index (χ0) is 14.8. The third-order valence-electron chi connectivity index (χ3n) is 2.56. The first kappa shape index (κ1) is 15.9. The Bertz CT molecular complexity index is 521. The molecule has 1 aromatic carbocycles. The first-order valence-electron chi connectivity index (χ1n) is 5.14. The summed E-state index contributed by atoms with van der Waals surface area (Å²) in [6.45, 7) is 2.99. The van der Waals surface area contributed by atoms with Gasteiger partial charge in [0.05, 0.1) is 15.7 Å². The van der Waals surface area contributed by atoms with E-state index in [0.717, 1.165) is 0 Å². The Morgan fingerprint density at radius 3 is 2.21 bits per heavy atom. The van der Waals surface area contributed by atoms with Crippen LogP contribution in [0.25, 0.3) is 0 Å². The molecule has 0 saturated heterocycles. The molecule has 0 aliphatic heterocycles. The molecule has 0 unspecified atom stereocenters. The summed E-state index contributed by atoms with van der Waals surface area (Å²) in [5.41, 5.74) is 4.46. The molecule has 1 aromatic rings. The minimum Gasteiger partial charge on any atom is -0.409 e. The van der Waals surface area contributed by atoms with Crippen molar-refractivity contribution in [1.82, 2.24) is 0 Å². The fourth-order valence-electron chi connectivity index (χ4n) is 1.17. The number of nitrogens with two attached hydrogens (primary N) is 1. The molecule has 1 rings (SSSR count). The predicted molar refractivity (Wildman–Crippen MR) is 77.3 cm³/mol. The van der Waals surface area contributed by atoms with Gasteiger partial charge in [0.15, 0.2) is 5.84 Å². The Labute approximate surface area is 125 Å². The summed E-state index contributed by atoms with van der Waals surface area (Å²) < 4.78 is 0. The molecule has 8 heteroatoms. The fraction of sp³-hybridized carbons (Fsp3) is 0.273. The molecule has 0 heterocycles. The van der Waals surface area contributed by atoms with E-state index < -0.39 is 11.3 Å². The van der Waals surface area contributed by atoms with Gasteiger partial charge in [0.2, 0.25) is 5.91 Å². The molecular formula is C11H12Cl3N3O2. The lowest BCUT2D eigenvalue weighted by Crippen LogP contribution is -2.42. The van der Waals surface area contributed by atoms with Gasteiger partial charge in [-0.1, -0.05) is 40.0 Å². The molecular weight excluding hydrogens is 312 g/mol. The number of nitrogens with zero attached hydrogens (tertiary/aromatic N) is 1. The molecule has 0 radical (unpaired) electrons. The van der Waals surface area contributed by atoms with Gasteiger partial charge in [-0.2, -0.15) is 0 Å². The van der Waals surface area contributed by atoms with Gasteiger partial charge in [0.25, 0.3) is 0 Å². The van der Waals surface area contributed by atoms with Crippen LogP contribution in [0.4, 0.5) is 5.69 Å². The molecule has 0 aliphatic carbocycles. The van der Waals surface area contributed by atoms with Crippen LogP contribution >= 0.6 is 34.8 Å². The Hall–Kier alpha value is -1.17. The number of rotatable bonds is 3. The average Bonchev–Trinajstić information content (AvgIpc) is 2.31. The number of halogens is 3. The third-order valence-corrected chi connectivity index (χ3v) is 3.38. The van der Waals surface area contributed by atoms with E-state index in [1.165, 1.54) is 26.0 Å². The van der Waals surface area contributed by atoms with Crippen molar-refractivity contribution >= 4 is 52.2 Å². The summed E-state index contributed by atoms with van der Waals surface area (Å²) in [6, 6.07) is 2.89. The van der Waals surface area contributed by atoms with E-state index in [1.54, 1.807) is 0 Å². The van der Waals surface area contributed by atoms with Crippen LogP contribution in [0.2, 0.25) is 15.1 Å². The second-order valence-corrected chi connectivity index (χ2v) is 5.56. The molecule has 104 valence electrons. The largest absolute Gasteiger partial charge is 0.409 e. The van der Waals surface area contributed by atoms with Crippen LogP contribution in [-0.2, 0) is 4.79 Å². The van der Waals surface area contributed by atoms with Crippen LogP contribution in [0.3, 0.4) is 0 Å². The molecule has 0 fully saturated rings. The standard InChI is InChI=1S/C11H12Cl3N3O2/c1-11(2,9(15)17-19)10(18)16-8-6(13)3-5(12)4-7(8)14/h3-4,19H,1-2H3,(H2,15,17)(H,16,18). The van der Waals surface area contributed by atoms with Crippen molar-refractivity contribution < 1.29 is 10.0 Å². The van der Waals surface area contributed by atoms with Crippen molar-refractivity contribution in [3.8, 4) is 0 Å². The Balaban J connectivity index is 3.08. The van der Waals surface area contributed by atoms with Crippen LogP contribution < -0.4 is 11.1 Å². The van der Waals surface area contributed by atoms with E-state index in [0.29, 0.717) is 5.02 Å². The monoisotopic (exact) mass is 323 g/mol. The SMILES string of the molecule is CC(C)(C(=O)Nc1c(Cl)cc(Cl)cc1Cl)C(N)=NO. The molecule has 0 spiro atoms. The Kier molecular flexibility index (Phi) is 4.90. The van der Waals surface area contributed by atoms with Gasteiger partial charge in [-0.15, -0.1) is 0 Å². The zero-order valence-electron chi connectivity index (χ0n) is 10.2. The molecule has 5 nitrogen and oxygen atoms in total. The van der Waals surface area contributed by atoms with Crippen molar-refractivity contribution in [2.45, 2.75) is 13.8 Å². The maximum absolute atomic E-state index is 12.1. The second kappa shape index (κ2) is 5.86. The van der Waals surface area contributed by atoms with Crippen molar-refractivity contribution in [3.05, 3.63) is 27.2 Å². The molecule has 0 bridgehead atoms. The zero-order valence-corrected chi connectivity index (χ0v) is 12.4. The lowest BCUT2D eigenvalue weighted by atomic mass is 9.91. The lowest BCUT2D eigenvalue weighted by Gasteiger charge is -2.22. The number of nitrogens with one attached hydrogen (secondary N) is 1. The number of oxime groups is 1. The van der Waals surface area contributed by atoms with Crippen LogP contribution in [-0.4, -0.2) is 17.0 Å². The van der Waals surface area contributed by atoms with E-state index >= 15 is 0 Å². The topological polar surface area (TPSA) is 87.7 Å². The maximum Gasteiger partial charge on any atom is 0.237 e. The lowest BCUT2D eigenvalue weighted by molar-refractivity contribution is -0.121. The maximum atomic E-state index is 12.1. The summed E-state index contributed by atoms with van der Waals surface area (Å²) in [7, 11) is 0. The van der Waals surface area contributed by atoms with Gasteiger partial charge in [-0.3, -0.25) is 4.79 Å². The molecule has 0 aromatic heterocycles. The van der Waals surface area contributed by atoms with Crippen molar-refractivity contribution in [2.75, 3.05) is 5.32 Å². The molecule has 1 amide bonds. The number of carbonyl (C=O) groups is 1. The van der Waals surface area contributed by atoms with Gasteiger partial charge < -0.3 is 16.3 Å². The molecule has 0 saturated carbocycles. The fourth-order valence-corrected chi connectivity index (χ4v) is 2.08.